The van der Waals surface area contributed by atoms with Crippen LogP contribution in [0.2, 0.25) is 0 Å². The molecule has 0 aliphatic heterocycles. The summed E-state index contributed by atoms with van der Waals surface area (Å²) >= 11 is 0. The van der Waals surface area contributed by atoms with E-state index in [0.717, 1.165) is 21.9 Å². The van der Waals surface area contributed by atoms with E-state index in [1.54, 1.807) is 20.8 Å². The first-order valence-electron chi connectivity index (χ1n) is 11.0. The van der Waals surface area contributed by atoms with E-state index in [4.69, 9.17) is 4.74 Å². The van der Waals surface area contributed by atoms with Gasteiger partial charge in [-0.25, -0.2) is 4.79 Å². The molecule has 1 amide bonds. The lowest BCUT2D eigenvalue weighted by Gasteiger charge is -2.30. The number of alkyl carbamates (subject to hydrolysis) is 1. The van der Waals surface area contributed by atoms with Crippen molar-refractivity contribution in [1.82, 2.24) is 5.32 Å². The molecule has 3 N–H and O–H groups in total. The number of amides is 1. The van der Waals surface area contributed by atoms with Crippen LogP contribution in [-0.4, -0.2) is 40.0 Å². The number of carboxylic acid groups (broad SMARTS) is 1. The predicted molar refractivity (Wildman–Crippen MR) is 128 cm³/mol. The van der Waals surface area contributed by atoms with Gasteiger partial charge in [0.25, 0.3) is 0 Å². The second-order valence-electron chi connectivity index (χ2n) is 9.26. The Hall–Kier alpha value is -3.38. The Balaban J connectivity index is 1.84. The smallest absolute Gasteiger partial charge is 0.407 e. The number of carbonyl (C=O) groups is 2. The second kappa shape index (κ2) is 10.5. The molecule has 0 saturated heterocycles. The number of nitrogens with one attached hydrogen (secondary N) is 1. The number of hydrogen-bond acceptors (Lipinski definition) is 4. The van der Waals surface area contributed by atoms with Gasteiger partial charge in [-0.05, 0) is 55.5 Å². The van der Waals surface area contributed by atoms with E-state index in [0.29, 0.717) is 0 Å². The number of hydrogen-bond donors (Lipinski definition) is 3. The average molecular weight is 450 g/mol. The molecule has 3 rings (SSSR count). The normalized spacial score (nSPS) is 14.3. The summed E-state index contributed by atoms with van der Waals surface area (Å²) < 4.78 is 5.35. The van der Waals surface area contributed by atoms with Crippen molar-refractivity contribution in [2.24, 2.45) is 5.92 Å². The van der Waals surface area contributed by atoms with Gasteiger partial charge in [0, 0.05) is 0 Å². The first-order valence-corrected chi connectivity index (χ1v) is 11.0. The molecule has 174 valence electrons. The Morgan fingerprint density at radius 2 is 1.52 bits per heavy atom. The van der Waals surface area contributed by atoms with E-state index in [1.165, 1.54) is 0 Å². The van der Waals surface area contributed by atoms with Crippen LogP contribution in [-0.2, 0) is 22.4 Å². The maximum atomic E-state index is 12.5. The summed E-state index contributed by atoms with van der Waals surface area (Å²) in [5.41, 5.74) is 0.951. The fourth-order valence-electron chi connectivity index (χ4n) is 3.84. The molecule has 0 saturated carbocycles. The summed E-state index contributed by atoms with van der Waals surface area (Å²) in [6, 6.07) is 22.1. The van der Waals surface area contributed by atoms with Crippen LogP contribution < -0.4 is 5.32 Å². The van der Waals surface area contributed by atoms with Gasteiger partial charge in [0.05, 0.1) is 18.1 Å². The molecule has 0 aliphatic rings. The molecular formula is C27H31NO5. The lowest BCUT2D eigenvalue weighted by Crippen LogP contribution is -2.51. The third kappa shape index (κ3) is 7.05. The SMILES string of the molecule is CC(C)(C)OC(=O)N[C@H](Cc1ccccc1)[C@@H](O)[C@@H](Cc1ccc2ccccc2c1)C(=O)O. The van der Waals surface area contributed by atoms with Crippen molar-refractivity contribution in [3.63, 3.8) is 0 Å². The summed E-state index contributed by atoms with van der Waals surface area (Å²) in [6.45, 7) is 5.24. The molecule has 0 unspecified atom stereocenters. The maximum absolute atomic E-state index is 12.5. The van der Waals surface area contributed by atoms with Gasteiger partial charge in [0.15, 0.2) is 0 Å². The number of benzene rings is 3. The standard InChI is InChI=1S/C27H31NO5/c1-27(2,3)33-26(32)28-23(17-18-9-5-4-6-10-18)24(29)22(25(30)31)16-19-13-14-20-11-7-8-12-21(20)15-19/h4-15,22-24,29H,16-17H2,1-3H3,(H,28,32)(H,30,31)/t22-,23-,24+/m1/s1. The Kier molecular flexibility index (Phi) is 7.71. The van der Waals surface area contributed by atoms with E-state index in [9.17, 15) is 19.8 Å². The van der Waals surface area contributed by atoms with Gasteiger partial charge in [-0.15, -0.1) is 0 Å². The van der Waals surface area contributed by atoms with Crippen LogP contribution >= 0.6 is 0 Å². The van der Waals surface area contributed by atoms with Crippen LogP contribution in [0, 0.1) is 5.92 Å². The van der Waals surface area contributed by atoms with Crippen molar-refractivity contribution in [3.8, 4) is 0 Å². The number of fused-ring (bicyclic) bond motifs is 1. The quantitative estimate of drug-likeness (QED) is 0.468. The van der Waals surface area contributed by atoms with Crippen LogP contribution in [0.5, 0.6) is 0 Å². The number of carboxylic acids is 1. The number of aliphatic hydroxyl groups is 1. The molecule has 0 spiro atoms. The van der Waals surface area contributed by atoms with E-state index in [-0.39, 0.29) is 12.8 Å². The Bertz CT molecular complexity index is 1090. The molecule has 0 radical (unpaired) electrons. The van der Waals surface area contributed by atoms with E-state index in [2.05, 4.69) is 5.32 Å². The molecule has 0 aromatic heterocycles. The number of aliphatic hydroxyl groups excluding tert-OH is 1. The zero-order valence-electron chi connectivity index (χ0n) is 19.2. The summed E-state index contributed by atoms with van der Waals surface area (Å²) in [6.07, 6.45) is -1.63. The summed E-state index contributed by atoms with van der Waals surface area (Å²) in [4.78, 5) is 24.6. The molecule has 3 aromatic rings. The predicted octanol–water partition coefficient (Wildman–Crippen LogP) is 4.58. The second-order valence-corrected chi connectivity index (χ2v) is 9.26. The van der Waals surface area contributed by atoms with Gasteiger partial charge in [0.2, 0.25) is 0 Å². The van der Waals surface area contributed by atoms with Crippen molar-refractivity contribution in [3.05, 3.63) is 83.9 Å². The molecule has 0 bridgehead atoms. The number of aliphatic carboxylic acids is 1. The molecule has 6 nitrogen and oxygen atoms in total. The topological polar surface area (TPSA) is 95.9 Å². The lowest BCUT2D eigenvalue weighted by atomic mass is 9.87. The van der Waals surface area contributed by atoms with Crippen molar-refractivity contribution in [2.75, 3.05) is 0 Å². The van der Waals surface area contributed by atoms with Crippen LogP contribution in [0.25, 0.3) is 10.8 Å². The molecule has 33 heavy (non-hydrogen) atoms. The van der Waals surface area contributed by atoms with Crippen molar-refractivity contribution in [1.29, 1.82) is 0 Å². The third-order valence-electron chi connectivity index (χ3n) is 5.41. The van der Waals surface area contributed by atoms with Gasteiger partial charge in [0.1, 0.15) is 5.60 Å². The van der Waals surface area contributed by atoms with Gasteiger partial charge < -0.3 is 20.3 Å². The molecule has 6 heteroatoms. The molecule has 3 atom stereocenters. The van der Waals surface area contributed by atoms with Gasteiger partial charge >= 0.3 is 12.1 Å². The maximum Gasteiger partial charge on any atom is 0.407 e. The Morgan fingerprint density at radius 1 is 0.879 bits per heavy atom. The first kappa shape index (κ1) is 24.3. The lowest BCUT2D eigenvalue weighted by molar-refractivity contribution is -0.146. The summed E-state index contributed by atoms with van der Waals surface area (Å²) in [7, 11) is 0. The molecule has 0 aliphatic carbocycles. The highest BCUT2D eigenvalue weighted by molar-refractivity contribution is 5.83. The highest BCUT2D eigenvalue weighted by atomic mass is 16.6. The van der Waals surface area contributed by atoms with E-state index in [1.807, 2.05) is 72.8 Å². The Morgan fingerprint density at radius 3 is 2.15 bits per heavy atom. The Labute approximate surface area is 194 Å². The fourth-order valence-corrected chi connectivity index (χ4v) is 3.84. The summed E-state index contributed by atoms with van der Waals surface area (Å²) in [5.74, 6) is -2.24. The van der Waals surface area contributed by atoms with Crippen LogP contribution in [0.3, 0.4) is 0 Å². The largest absolute Gasteiger partial charge is 0.481 e. The van der Waals surface area contributed by atoms with Crippen molar-refractivity contribution >= 4 is 22.8 Å². The van der Waals surface area contributed by atoms with E-state index < -0.39 is 35.7 Å². The molecular weight excluding hydrogens is 418 g/mol. The van der Waals surface area contributed by atoms with Gasteiger partial charge in [-0.2, -0.15) is 0 Å². The highest BCUT2D eigenvalue weighted by Crippen LogP contribution is 2.22. The molecule has 0 heterocycles. The van der Waals surface area contributed by atoms with Crippen molar-refractivity contribution in [2.45, 2.75) is 51.4 Å². The summed E-state index contributed by atoms with van der Waals surface area (Å²) in [5, 5.41) is 25.9. The minimum absolute atomic E-state index is 0.128. The zero-order valence-corrected chi connectivity index (χ0v) is 19.2. The zero-order chi connectivity index (χ0) is 24.0. The number of ether oxygens (including phenoxy) is 1. The molecule has 3 aromatic carbocycles. The van der Waals surface area contributed by atoms with Crippen LogP contribution in [0.15, 0.2) is 72.8 Å². The van der Waals surface area contributed by atoms with Gasteiger partial charge in [-0.3, -0.25) is 4.79 Å². The number of rotatable bonds is 8. The van der Waals surface area contributed by atoms with Crippen LogP contribution in [0.4, 0.5) is 4.79 Å². The fraction of sp³-hybridized carbons (Fsp3) is 0.333. The minimum Gasteiger partial charge on any atom is -0.481 e. The monoisotopic (exact) mass is 449 g/mol. The van der Waals surface area contributed by atoms with E-state index >= 15 is 0 Å². The highest BCUT2D eigenvalue weighted by Gasteiger charge is 2.35. The van der Waals surface area contributed by atoms with Gasteiger partial charge in [-0.1, -0.05) is 72.8 Å². The van der Waals surface area contributed by atoms with Crippen molar-refractivity contribution < 1.29 is 24.5 Å². The average Bonchev–Trinajstić information content (AvgIpc) is 2.75. The minimum atomic E-state index is -1.33. The molecule has 0 fully saturated rings. The first-order chi connectivity index (χ1) is 15.6. The third-order valence-corrected chi connectivity index (χ3v) is 5.41. The van der Waals surface area contributed by atoms with Crippen LogP contribution in [0.1, 0.15) is 31.9 Å². The number of carbonyl (C=O) groups excluding carboxylic acids is 1.